The Kier molecular flexibility index (Phi) is 4.98. The Labute approximate surface area is 163 Å². The summed E-state index contributed by atoms with van der Waals surface area (Å²) >= 11 is 0. The molecule has 0 bridgehead atoms. The molecule has 1 atom stereocenters. The molecule has 5 heteroatoms. The summed E-state index contributed by atoms with van der Waals surface area (Å²) in [6.07, 6.45) is 0.447. The van der Waals surface area contributed by atoms with Gasteiger partial charge in [0, 0.05) is 18.4 Å². The highest BCUT2D eigenvalue weighted by Crippen LogP contribution is 2.27. The first-order chi connectivity index (χ1) is 13.7. The molecule has 28 heavy (non-hydrogen) atoms. The fraction of sp³-hybridized carbons (Fsp3) is 0.217. The van der Waals surface area contributed by atoms with E-state index in [1.165, 1.54) is 7.11 Å². The normalized spacial score (nSPS) is 15.8. The number of rotatable bonds is 4. The van der Waals surface area contributed by atoms with Gasteiger partial charge in [-0.1, -0.05) is 60.7 Å². The van der Waals surface area contributed by atoms with Crippen LogP contribution in [0.1, 0.15) is 11.1 Å². The average molecular weight is 375 g/mol. The van der Waals surface area contributed by atoms with E-state index in [1.807, 2.05) is 66.7 Å². The third-order valence-corrected chi connectivity index (χ3v) is 5.14. The fourth-order valence-electron chi connectivity index (χ4n) is 3.68. The standard InChI is InChI=1S/C23H21NO4/c1-27-23(26)20-13-17-8-2-3-9-18(17)14-24(20)22(25)15-28-21-12-6-10-16-7-4-5-11-19(16)21/h2-12,20H,13-15H2,1H3. The van der Waals surface area contributed by atoms with Gasteiger partial charge in [0.2, 0.25) is 0 Å². The van der Waals surface area contributed by atoms with Crippen LogP contribution in [-0.2, 0) is 27.3 Å². The van der Waals surface area contributed by atoms with Gasteiger partial charge in [0.15, 0.2) is 6.61 Å². The van der Waals surface area contributed by atoms with Gasteiger partial charge in [0.25, 0.3) is 5.91 Å². The number of esters is 1. The molecule has 142 valence electrons. The smallest absolute Gasteiger partial charge is 0.328 e. The van der Waals surface area contributed by atoms with Crippen LogP contribution in [0.4, 0.5) is 0 Å². The van der Waals surface area contributed by atoms with E-state index >= 15 is 0 Å². The molecule has 1 unspecified atom stereocenters. The van der Waals surface area contributed by atoms with Gasteiger partial charge in [0.05, 0.1) is 7.11 Å². The molecule has 1 amide bonds. The first-order valence-corrected chi connectivity index (χ1v) is 9.22. The summed E-state index contributed by atoms with van der Waals surface area (Å²) in [5, 5.41) is 2.00. The summed E-state index contributed by atoms with van der Waals surface area (Å²) in [5.74, 6) is 0.00401. The van der Waals surface area contributed by atoms with E-state index in [4.69, 9.17) is 9.47 Å². The molecule has 0 aliphatic carbocycles. The van der Waals surface area contributed by atoms with Gasteiger partial charge in [-0.2, -0.15) is 0 Å². The van der Waals surface area contributed by atoms with Crippen molar-refractivity contribution in [1.29, 1.82) is 0 Å². The molecule has 5 nitrogen and oxygen atoms in total. The van der Waals surface area contributed by atoms with E-state index in [0.29, 0.717) is 18.7 Å². The van der Waals surface area contributed by atoms with Crippen LogP contribution in [0.2, 0.25) is 0 Å². The second kappa shape index (κ2) is 7.72. The Morgan fingerprint density at radius 2 is 1.68 bits per heavy atom. The van der Waals surface area contributed by atoms with Crippen molar-refractivity contribution in [3.8, 4) is 5.75 Å². The van der Waals surface area contributed by atoms with Crippen LogP contribution in [0, 0.1) is 0 Å². The third-order valence-electron chi connectivity index (χ3n) is 5.14. The minimum Gasteiger partial charge on any atom is -0.483 e. The number of carbonyl (C=O) groups excluding carboxylic acids is 2. The maximum absolute atomic E-state index is 12.9. The highest BCUT2D eigenvalue weighted by molar-refractivity contribution is 5.89. The van der Waals surface area contributed by atoms with Gasteiger partial charge in [0.1, 0.15) is 11.8 Å². The number of hydrogen-bond donors (Lipinski definition) is 0. The molecular weight excluding hydrogens is 354 g/mol. The summed E-state index contributed by atoms with van der Waals surface area (Å²) < 4.78 is 10.8. The van der Waals surface area contributed by atoms with Gasteiger partial charge < -0.3 is 14.4 Å². The number of nitrogens with zero attached hydrogens (tertiary/aromatic N) is 1. The maximum atomic E-state index is 12.9. The van der Waals surface area contributed by atoms with E-state index in [9.17, 15) is 9.59 Å². The number of hydrogen-bond acceptors (Lipinski definition) is 4. The molecular formula is C23H21NO4. The minimum absolute atomic E-state index is 0.135. The lowest BCUT2D eigenvalue weighted by molar-refractivity contribution is -0.154. The van der Waals surface area contributed by atoms with Crippen molar-refractivity contribution in [2.24, 2.45) is 0 Å². The van der Waals surface area contributed by atoms with Crippen molar-refractivity contribution >= 4 is 22.6 Å². The Bertz CT molecular complexity index is 1020. The number of carbonyl (C=O) groups is 2. The summed E-state index contributed by atoms with van der Waals surface area (Å²) in [4.78, 5) is 26.8. The maximum Gasteiger partial charge on any atom is 0.328 e. The van der Waals surface area contributed by atoms with Crippen molar-refractivity contribution in [3.05, 3.63) is 77.9 Å². The molecule has 0 saturated carbocycles. The first kappa shape index (κ1) is 18.0. The van der Waals surface area contributed by atoms with E-state index in [2.05, 4.69) is 0 Å². The molecule has 1 heterocycles. The largest absolute Gasteiger partial charge is 0.483 e. The van der Waals surface area contributed by atoms with Crippen molar-refractivity contribution in [3.63, 3.8) is 0 Å². The average Bonchev–Trinajstić information content (AvgIpc) is 2.75. The number of fused-ring (bicyclic) bond motifs is 2. The van der Waals surface area contributed by atoms with Gasteiger partial charge >= 0.3 is 5.97 Å². The van der Waals surface area contributed by atoms with Crippen LogP contribution in [0.5, 0.6) is 5.75 Å². The zero-order chi connectivity index (χ0) is 19.5. The molecule has 0 radical (unpaired) electrons. The van der Waals surface area contributed by atoms with Crippen LogP contribution in [0.25, 0.3) is 10.8 Å². The highest BCUT2D eigenvalue weighted by atomic mass is 16.5. The third kappa shape index (κ3) is 3.43. The molecule has 0 spiro atoms. The molecule has 0 saturated heterocycles. The van der Waals surface area contributed by atoms with Gasteiger partial charge in [-0.15, -0.1) is 0 Å². The van der Waals surface area contributed by atoms with E-state index < -0.39 is 12.0 Å². The molecule has 0 N–H and O–H groups in total. The van der Waals surface area contributed by atoms with Crippen LogP contribution in [-0.4, -0.2) is 36.5 Å². The topological polar surface area (TPSA) is 55.8 Å². The summed E-state index contributed by atoms with van der Waals surface area (Å²) in [5.41, 5.74) is 2.11. The van der Waals surface area contributed by atoms with Crippen LogP contribution in [0.15, 0.2) is 66.7 Å². The highest BCUT2D eigenvalue weighted by Gasteiger charge is 2.35. The summed E-state index contributed by atoms with van der Waals surface area (Å²) in [6.45, 7) is 0.233. The predicted molar refractivity (Wildman–Crippen MR) is 106 cm³/mol. The summed E-state index contributed by atoms with van der Waals surface area (Å²) in [7, 11) is 1.35. The lowest BCUT2D eigenvalue weighted by Gasteiger charge is -2.35. The Balaban J connectivity index is 1.55. The number of amides is 1. The lowest BCUT2D eigenvalue weighted by Crippen LogP contribution is -2.50. The minimum atomic E-state index is -0.636. The first-order valence-electron chi connectivity index (χ1n) is 9.22. The van der Waals surface area contributed by atoms with Gasteiger partial charge in [-0.25, -0.2) is 4.79 Å². The van der Waals surface area contributed by atoms with E-state index in [1.54, 1.807) is 4.90 Å². The van der Waals surface area contributed by atoms with Crippen LogP contribution in [0.3, 0.4) is 0 Å². The van der Waals surface area contributed by atoms with Gasteiger partial charge in [-0.05, 0) is 22.6 Å². The van der Waals surface area contributed by atoms with Crippen LogP contribution < -0.4 is 4.74 Å². The Morgan fingerprint density at radius 1 is 0.964 bits per heavy atom. The lowest BCUT2D eigenvalue weighted by atomic mass is 9.94. The van der Waals surface area contributed by atoms with E-state index in [-0.39, 0.29) is 12.5 Å². The second-order valence-corrected chi connectivity index (χ2v) is 6.80. The zero-order valence-electron chi connectivity index (χ0n) is 15.6. The van der Waals surface area contributed by atoms with Gasteiger partial charge in [-0.3, -0.25) is 4.79 Å². The molecule has 4 rings (SSSR count). The number of ether oxygens (including phenoxy) is 2. The monoisotopic (exact) mass is 375 g/mol. The zero-order valence-corrected chi connectivity index (χ0v) is 15.6. The van der Waals surface area contributed by atoms with Crippen molar-refractivity contribution < 1.29 is 19.1 Å². The van der Waals surface area contributed by atoms with Crippen molar-refractivity contribution in [2.45, 2.75) is 19.0 Å². The molecule has 3 aromatic rings. The number of benzene rings is 3. The molecule has 1 aliphatic rings. The molecule has 1 aliphatic heterocycles. The van der Waals surface area contributed by atoms with Crippen molar-refractivity contribution in [2.75, 3.05) is 13.7 Å². The Morgan fingerprint density at radius 3 is 2.50 bits per heavy atom. The molecule has 0 fully saturated rings. The Hall–Kier alpha value is -3.34. The fourth-order valence-corrected chi connectivity index (χ4v) is 3.68. The van der Waals surface area contributed by atoms with Crippen LogP contribution >= 0.6 is 0 Å². The van der Waals surface area contributed by atoms with E-state index in [0.717, 1.165) is 21.9 Å². The second-order valence-electron chi connectivity index (χ2n) is 6.80. The number of methoxy groups -OCH3 is 1. The SMILES string of the molecule is COC(=O)C1Cc2ccccc2CN1C(=O)COc1cccc2ccccc12. The molecule has 3 aromatic carbocycles. The predicted octanol–water partition coefficient (Wildman–Crippen LogP) is 3.35. The quantitative estimate of drug-likeness (QED) is 0.657. The summed E-state index contributed by atoms with van der Waals surface area (Å²) in [6, 6.07) is 20.8. The van der Waals surface area contributed by atoms with Crippen molar-refractivity contribution in [1.82, 2.24) is 4.90 Å². The molecule has 0 aromatic heterocycles.